The zero-order valence-corrected chi connectivity index (χ0v) is 18.6. The minimum Gasteiger partial charge on any atom is -0.368 e. The molecule has 30 heavy (non-hydrogen) atoms. The van der Waals surface area contributed by atoms with Gasteiger partial charge in [-0.1, -0.05) is 0 Å². The number of rotatable bonds is 2. The van der Waals surface area contributed by atoms with Crippen molar-refractivity contribution in [2.75, 3.05) is 32.8 Å². The molecule has 0 aromatic carbocycles. The van der Waals surface area contributed by atoms with Crippen molar-refractivity contribution in [3.8, 4) is 0 Å². The van der Waals surface area contributed by atoms with Gasteiger partial charge in [0.1, 0.15) is 6.10 Å². The maximum atomic E-state index is 13.4. The van der Waals surface area contributed by atoms with E-state index in [2.05, 4.69) is 26.9 Å². The lowest BCUT2D eigenvalue weighted by Crippen LogP contribution is -2.68. The van der Waals surface area contributed by atoms with Gasteiger partial charge in [-0.05, 0) is 63.7 Å². The molecule has 1 saturated carbocycles. The van der Waals surface area contributed by atoms with Crippen LogP contribution >= 0.6 is 0 Å². The number of carbonyl (C=O) groups excluding carboxylic acids is 2. The van der Waals surface area contributed by atoms with Gasteiger partial charge in [0.05, 0.1) is 18.2 Å². The number of piperazine rings is 1. The SMILES string of the molecule is CC(=O)N1C2CCC(C3CCC4NCCN4C3)CC2N(C(=O)C2CCCO2)C[C@@H]1C. The van der Waals surface area contributed by atoms with Gasteiger partial charge in [0.15, 0.2) is 0 Å². The van der Waals surface area contributed by atoms with E-state index in [4.69, 9.17) is 4.74 Å². The smallest absolute Gasteiger partial charge is 0.252 e. The van der Waals surface area contributed by atoms with Crippen molar-refractivity contribution in [2.45, 2.75) is 89.2 Å². The maximum absolute atomic E-state index is 13.4. The van der Waals surface area contributed by atoms with Crippen molar-refractivity contribution < 1.29 is 14.3 Å². The molecule has 0 aromatic rings. The lowest BCUT2D eigenvalue weighted by Gasteiger charge is -2.55. The Morgan fingerprint density at radius 2 is 1.83 bits per heavy atom. The molecular formula is C23H38N4O3. The topological polar surface area (TPSA) is 65.1 Å². The summed E-state index contributed by atoms with van der Waals surface area (Å²) in [5.74, 6) is 1.69. The Kier molecular flexibility index (Phi) is 5.80. The number of hydrogen-bond donors (Lipinski definition) is 1. The summed E-state index contributed by atoms with van der Waals surface area (Å²) in [7, 11) is 0. The van der Waals surface area contributed by atoms with Crippen LogP contribution in [-0.2, 0) is 14.3 Å². The Balaban J connectivity index is 1.34. The molecule has 7 nitrogen and oxygen atoms in total. The van der Waals surface area contributed by atoms with Crippen LogP contribution in [0.2, 0.25) is 0 Å². The van der Waals surface area contributed by atoms with Gasteiger partial charge in [-0.25, -0.2) is 0 Å². The lowest BCUT2D eigenvalue weighted by atomic mass is 9.71. The van der Waals surface area contributed by atoms with E-state index >= 15 is 0 Å². The largest absolute Gasteiger partial charge is 0.368 e. The predicted octanol–water partition coefficient (Wildman–Crippen LogP) is 1.42. The Bertz CT molecular complexity index is 667. The highest BCUT2D eigenvalue weighted by Crippen LogP contribution is 2.42. The predicted molar refractivity (Wildman–Crippen MR) is 114 cm³/mol. The molecule has 1 N–H and O–H groups in total. The van der Waals surface area contributed by atoms with Crippen LogP contribution in [0.5, 0.6) is 0 Å². The molecule has 7 heteroatoms. The normalized spacial score (nSPS) is 42.1. The second kappa shape index (κ2) is 8.40. The van der Waals surface area contributed by atoms with Crippen LogP contribution in [-0.4, -0.2) is 89.7 Å². The van der Waals surface area contributed by atoms with Gasteiger partial charge in [0, 0.05) is 45.8 Å². The van der Waals surface area contributed by atoms with Crippen LogP contribution in [0.15, 0.2) is 0 Å². The average Bonchev–Trinajstić information content (AvgIpc) is 3.43. The number of hydrogen-bond acceptors (Lipinski definition) is 5. The first kappa shape index (κ1) is 20.7. The van der Waals surface area contributed by atoms with Gasteiger partial charge in [-0.3, -0.25) is 14.5 Å². The van der Waals surface area contributed by atoms with Crippen molar-refractivity contribution in [1.29, 1.82) is 0 Å². The van der Waals surface area contributed by atoms with Crippen molar-refractivity contribution >= 4 is 11.8 Å². The number of nitrogens with one attached hydrogen (secondary N) is 1. The monoisotopic (exact) mass is 418 g/mol. The molecule has 0 spiro atoms. The first-order valence-corrected chi connectivity index (χ1v) is 12.2. The first-order chi connectivity index (χ1) is 14.5. The zero-order chi connectivity index (χ0) is 20.8. The molecule has 4 aliphatic heterocycles. The second-order valence-corrected chi connectivity index (χ2v) is 10.3. The van der Waals surface area contributed by atoms with Crippen LogP contribution < -0.4 is 5.32 Å². The van der Waals surface area contributed by atoms with Gasteiger partial charge in [-0.15, -0.1) is 0 Å². The van der Waals surface area contributed by atoms with Crippen LogP contribution in [0, 0.1) is 11.8 Å². The van der Waals surface area contributed by atoms with Crippen LogP contribution in [0.4, 0.5) is 0 Å². The summed E-state index contributed by atoms with van der Waals surface area (Å²) in [6, 6.07) is 0.393. The third-order valence-electron chi connectivity index (χ3n) is 8.53. The molecular weight excluding hydrogens is 380 g/mol. The fourth-order valence-corrected chi connectivity index (χ4v) is 7.15. The molecule has 2 amide bonds. The third kappa shape index (κ3) is 3.67. The molecule has 0 radical (unpaired) electrons. The van der Waals surface area contributed by atoms with Gasteiger partial charge >= 0.3 is 0 Å². The van der Waals surface area contributed by atoms with E-state index in [0.717, 1.165) is 32.2 Å². The Labute approximate surface area is 180 Å². The number of fused-ring (bicyclic) bond motifs is 2. The number of piperidine rings is 1. The molecule has 0 aromatic heterocycles. The fraction of sp³-hybridized carbons (Fsp3) is 0.913. The summed E-state index contributed by atoms with van der Waals surface area (Å²) in [4.78, 5) is 32.7. The molecule has 5 aliphatic rings. The summed E-state index contributed by atoms with van der Waals surface area (Å²) in [5, 5.41) is 3.62. The molecule has 0 bridgehead atoms. The summed E-state index contributed by atoms with van der Waals surface area (Å²) in [6.45, 7) is 8.60. The Morgan fingerprint density at radius 1 is 1.00 bits per heavy atom. The molecule has 5 rings (SSSR count). The highest BCUT2D eigenvalue weighted by atomic mass is 16.5. The van der Waals surface area contributed by atoms with Gasteiger partial charge in [0.25, 0.3) is 5.91 Å². The van der Waals surface area contributed by atoms with Crippen molar-refractivity contribution in [3.05, 3.63) is 0 Å². The minimum atomic E-state index is -0.270. The fourth-order valence-electron chi connectivity index (χ4n) is 7.15. The molecule has 5 fully saturated rings. The maximum Gasteiger partial charge on any atom is 0.252 e. The standard InChI is InChI=1S/C23H38N4O3/c1-15-13-26(23(29)21-4-3-11-30-21)20-12-17(5-7-19(20)27(15)16(2)28)18-6-8-22-24-9-10-25(22)14-18/h15,17-22,24H,3-14H2,1-2H3/t15-,17?,18?,19?,20?,21?,22?/m0/s1. The average molecular weight is 419 g/mol. The number of amides is 2. The highest BCUT2D eigenvalue weighted by Gasteiger charge is 2.49. The quantitative estimate of drug-likeness (QED) is 0.735. The number of carbonyl (C=O) groups is 2. The van der Waals surface area contributed by atoms with Crippen molar-refractivity contribution in [1.82, 2.24) is 20.0 Å². The van der Waals surface area contributed by atoms with E-state index in [1.807, 2.05) is 0 Å². The molecule has 7 atom stereocenters. The van der Waals surface area contributed by atoms with E-state index in [0.29, 0.717) is 31.2 Å². The first-order valence-electron chi connectivity index (χ1n) is 12.2. The molecule has 168 valence electrons. The van der Waals surface area contributed by atoms with Gasteiger partial charge in [-0.2, -0.15) is 0 Å². The van der Waals surface area contributed by atoms with E-state index in [-0.39, 0.29) is 36.0 Å². The zero-order valence-electron chi connectivity index (χ0n) is 18.6. The van der Waals surface area contributed by atoms with Crippen molar-refractivity contribution in [3.63, 3.8) is 0 Å². The third-order valence-corrected chi connectivity index (χ3v) is 8.53. The van der Waals surface area contributed by atoms with E-state index in [9.17, 15) is 9.59 Å². The van der Waals surface area contributed by atoms with E-state index in [1.165, 1.54) is 32.4 Å². The van der Waals surface area contributed by atoms with Crippen LogP contribution in [0.25, 0.3) is 0 Å². The second-order valence-electron chi connectivity index (χ2n) is 10.3. The minimum absolute atomic E-state index is 0.0803. The van der Waals surface area contributed by atoms with Gasteiger partial charge < -0.3 is 19.9 Å². The lowest BCUT2D eigenvalue weighted by molar-refractivity contribution is -0.160. The molecule has 4 saturated heterocycles. The Hall–Kier alpha value is -1.18. The molecule has 6 unspecified atom stereocenters. The highest BCUT2D eigenvalue weighted by molar-refractivity contribution is 5.82. The molecule has 1 aliphatic carbocycles. The summed E-state index contributed by atoms with van der Waals surface area (Å²) >= 11 is 0. The van der Waals surface area contributed by atoms with E-state index in [1.54, 1.807) is 6.92 Å². The van der Waals surface area contributed by atoms with E-state index < -0.39 is 0 Å². The van der Waals surface area contributed by atoms with Crippen LogP contribution in [0.1, 0.15) is 58.8 Å². The summed E-state index contributed by atoms with van der Waals surface area (Å²) in [6.07, 6.45) is 7.88. The molecule has 4 heterocycles. The van der Waals surface area contributed by atoms with Gasteiger partial charge in [0.2, 0.25) is 5.91 Å². The van der Waals surface area contributed by atoms with Crippen molar-refractivity contribution in [2.24, 2.45) is 11.8 Å². The number of nitrogens with zero attached hydrogens (tertiary/aromatic N) is 3. The summed E-state index contributed by atoms with van der Waals surface area (Å²) in [5.41, 5.74) is 0. The summed E-state index contributed by atoms with van der Waals surface area (Å²) < 4.78 is 5.76. The number of ether oxygens (including phenoxy) is 1. The Morgan fingerprint density at radius 3 is 2.60 bits per heavy atom. The van der Waals surface area contributed by atoms with Crippen LogP contribution in [0.3, 0.4) is 0 Å².